The molecule has 1 unspecified atom stereocenters. The van der Waals surface area contributed by atoms with E-state index in [2.05, 4.69) is 5.32 Å². The van der Waals surface area contributed by atoms with Crippen LogP contribution in [0.4, 0.5) is 0 Å². The Kier molecular flexibility index (Phi) is 5.95. The maximum absolute atomic E-state index is 11.5. The van der Waals surface area contributed by atoms with Gasteiger partial charge < -0.3 is 15.0 Å². The summed E-state index contributed by atoms with van der Waals surface area (Å²) in [7, 11) is 3.57. The van der Waals surface area contributed by atoms with Crippen molar-refractivity contribution >= 4 is 29.1 Å². The molecule has 1 atom stereocenters. The molecule has 1 aromatic carbocycles. The van der Waals surface area contributed by atoms with Gasteiger partial charge in [-0.05, 0) is 31.9 Å². The van der Waals surface area contributed by atoms with E-state index < -0.39 is 0 Å². The Morgan fingerprint density at radius 2 is 1.91 bits per heavy atom. The largest absolute Gasteiger partial charge is 0.496 e. The zero-order valence-electron chi connectivity index (χ0n) is 13.2. The zero-order valence-corrected chi connectivity index (χ0v) is 14.7. The van der Waals surface area contributed by atoms with Crippen LogP contribution in [-0.2, 0) is 4.79 Å². The van der Waals surface area contributed by atoms with E-state index in [1.54, 1.807) is 20.1 Å². The third kappa shape index (κ3) is 3.67. The molecule has 1 aliphatic rings. The number of rotatable bonds is 4. The van der Waals surface area contributed by atoms with Gasteiger partial charge in [-0.1, -0.05) is 23.2 Å². The number of amides is 1. The first kappa shape index (κ1) is 17.4. The maximum Gasteiger partial charge on any atom is 0.219 e. The Bertz CT molecular complexity index is 543. The molecule has 1 saturated heterocycles. The lowest BCUT2D eigenvalue weighted by Crippen LogP contribution is -2.40. The summed E-state index contributed by atoms with van der Waals surface area (Å²) in [6.45, 7) is 3.21. The number of hydrogen-bond acceptors (Lipinski definition) is 3. The van der Waals surface area contributed by atoms with E-state index in [1.165, 1.54) is 0 Å². The van der Waals surface area contributed by atoms with Crippen LogP contribution in [0, 0.1) is 5.92 Å². The van der Waals surface area contributed by atoms with Gasteiger partial charge in [-0.2, -0.15) is 0 Å². The van der Waals surface area contributed by atoms with Gasteiger partial charge in [0.1, 0.15) is 5.75 Å². The van der Waals surface area contributed by atoms with Crippen molar-refractivity contribution in [3.05, 3.63) is 27.7 Å². The van der Waals surface area contributed by atoms with Gasteiger partial charge in [0.05, 0.1) is 17.2 Å². The number of likely N-dealkylation sites (tertiary alicyclic amines) is 1. The smallest absolute Gasteiger partial charge is 0.219 e. The van der Waals surface area contributed by atoms with Crippen LogP contribution >= 0.6 is 23.2 Å². The SMILES string of the molecule is CNC(c1cc(Cl)c(Cl)cc1OC)C1CCN(C(C)=O)CC1. The molecule has 1 aromatic rings. The van der Waals surface area contributed by atoms with Crippen LogP contribution < -0.4 is 10.1 Å². The zero-order chi connectivity index (χ0) is 16.3. The second-order valence-corrected chi connectivity index (χ2v) is 6.43. The van der Waals surface area contributed by atoms with Crippen LogP contribution in [-0.4, -0.2) is 38.1 Å². The molecular weight excluding hydrogens is 323 g/mol. The van der Waals surface area contributed by atoms with E-state index in [9.17, 15) is 4.79 Å². The van der Waals surface area contributed by atoms with Crippen molar-refractivity contribution in [2.75, 3.05) is 27.2 Å². The van der Waals surface area contributed by atoms with Gasteiger partial charge in [-0.25, -0.2) is 0 Å². The van der Waals surface area contributed by atoms with Gasteiger partial charge in [0.2, 0.25) is 5.91 Å². The molecule has 1 heterocycles. The molecule has 1 fully saturated rings. The van der Waals surface area contributed by atoms with E-state index in [1.807, 2.05) is 18.0 Å². The fourth-order valence-electron chi connectivity index (χ4n) is 3.16. The molecule has 22 heavy (non-hydrogen) atoms. The van der Waals surface area contributed by atoms with Crippen molar-refractivity contribution in [1.82, 2.24) is 10.2 Å². The van der Waals surface area contributed by atoms with Crippen molar-refractivity contribution in [3.63, 3.8) is 0 Å². The molecule has 4 nitrogen and oxygen atoms in total. The van der Waals surface area contributed by atoms with Crippen molar-refractivity contribution in [3.8, 4) is 5.75 Å². The number of piperidine rings is 1. The van der Waals surface area contributed by atoms with Crippen LogP contribution in [0.1, 0.15) is 31.4 Å². The minimum Gasteiger partial charge on any atom is -0.496 e. The Hall–Kier alpha value is -0.970. The lowest BCUT2D eigenvalue weighted by molar-refractivity contribution is -0.130. The summed E-state index contributed by atoms with van der Waals surface area (Å²) in [4.78, 5) is 13.4. The second kappa shape index (κ2) is 7.53. The topological polar surface area (TPSA) is 41.6 Å². The average Bonchev–Trinajstić information content (AvgIpc) is 2.51. The van der Waals surface area contributed by atoms with E-state index >= 15 is 0 Å². The van der Waals surface area contributed by atoms with Crippen LogP contribution in [0.25, 0.3) is 0 Å². The first-order valence-electron chi connectivity index (χ1n) is 7.43. The molecule has 0 spiro atoms. The van der Waals surface area contributed by atoms with E-state index in [4.69, 9.17) is 27.9 Å². The molecule has 0 saturated carbocycles. The normalized spacial score (nSPS) is 17.4. The first-order chi connectivity index (χ1) is 10.5. The molecule has 6 heteroatoms. The van der Waals surface area contributed by atoms with Crippen molar-refractivity contribution < 1.29 is 9.53 Å². The highest BCUT2D eigenvalue weighted by atomic mass is 35.5. The lowest BCUT2D eigenvalue weighted by atomic mass is 9.85. The van der Waals surface area contributed by atoms with E-state index in [0.717, 1.165) is 37.2 Å². The van der Waals surface area contributed by atoms with Crippen molar-refractivity contribution in [1.29, 1.82) is 0 Å². The van der Waals surface area contributed by atoms with Gasteiger partial charge >= 0.3 is 0 Å². The van der Waals surface area contributed by atoms with Gasteiger partial charge in [0.25, 0.3) is 0 Å². The van der Waals surface area contributed by atoms with Gasteiger partial charge in [0.15, 0.2) is 0 Å². The van der Waals surface area contributed by atoms with Crippen molar-refractivity contribution in [2.24, 2.45) is 5.92 Å². The Morgan fingerprint density at radius 3 is 2.41 bits per heavy atom. The lowest BCUT2D eigenvalue weighted by Gasteiger charge is -2.36. The third-order valence-electron chi connectivity index (χ3n) is 4.38. The number of methoxy groups -OCH3 is 1. The quantitative estimate of drug-likeness (QED) is 0.908. The van der Waals surface area contributed by atoms with Crippen LogP contribution in [0.3, 0.4) is 0 Å². The predicted octanol–water partition coefficient (Wildman–Crippen LogP) is 3.52. The molecule has 1 aliphatic heterocycles. The number of hydrogen-bond donors (Lipinski definition) is 1. The molecule has 1 amide bonds. The summed E-state index contributed by atoms with van der Waals surface area (Å²) in [6, 6.07) is 3.76. The highest BCUT2D eigenvalue weighted by Crippen LogP contribution is 2.39. The van der Waals surface area contributed by atoms with Crippen LogP contribution in [0.5, 0.6) is 5.75 Å². The van der Waals surface area contributed by atoms with Gasteiger partial charge in [0, 0.05) is 37.7 Å². The predicted molar refractivity (Wildman–Crippen MR) is 89.8 cm³/mol. The Balaban J connectivity index is 2.22. The van der Waals surface area contributed by atoms with E-state index in [0.29, 0.717) is 16.0 Å². The maximum atomic E-state index is 11.5. The summed E-state index contributed by atoms with van der Waals surface area (Å²) in [6.07, 6.45) is 1.91. The summed E-state index contributed by atoms with van der Waals surface area (Å²) in [5.74, 6) is 1.31. The molecule has 122 valence electrons. The van der Waals surface area contributed by atoms with Gasteiger partial charge in [-0.15, -0.1) is 0 Å². The monoisotopic (exact) mass is 344 g/mol. The number of ether oxygens (including phenoxy) is 1. The highest BCUT2D eigenvalue weighted by Gasteiger charge is 2.29. The number of carbonyl (C=O) groups excluding carboxylic acids is 1. The fraction of sp³-hybridized carbons (Fsp3) is 0.562. The molecule has 0 bridgehead atoms. The Morgan fingerprint density at radius 1 is 1.32 bits per heavy atom. The number of halogens is 2. The highest BCUT2D eigenvalue weighted by molar-refractivity contribution is 6.42. The summed E-state index contributed by atoms with van der Waals surface area (Å²) in [5, 5.41) is 4.38. The molecule has 0 radical (unpaired) electrons. The second-order valence-electron chi connectivity index (χ2n) is 5.62. The summed E-state index contributed by atoms with van der Waals surface area (Å²) in [5.41, 5.74) is 1.01. The fourth-order valence-corrected chi connectivity index (χ4v) is 3.48. The van der Waals surface area contributed by atoms with Crippen LogP contribution in [0.2, 0.25) is 10.0 Å². The summed E-state index contributed by atoms with van der Waals surface area (Å²) >= 11 is 12.3. The third-order valence-corrected chi connectivity index (χ3v) is 5.10. The van der Waals surface area contributed by atoms with Crippen LogP contribution in [0.15, 0.2) is 12.1 Å². The van der Waals surface area contributed by atoms with Crippen molar-refractivity contribution in [2.45, 2.75) is 25.8 Å². The molecule has 1 N–H and O–H groups in total. The number of carbonyl (C=O) groups is 1. The number of benzene rings is 1. The molecule has 0 aliphatic carbocycles. The number of nitrogens with one attached hydrogen (secondary N) is 1. The Labute approximate surface area is 141 Å². The molecule has 0 aromatic heterocycles. The minimum absolute atomic E-state index is 0.124. The standard InChI is InChI=1S/C16H22Cl2N2O2/c1-10(21)20-6-4-11(5-7-20)16(19-2)12-8-13(17)14(18)9-15(12)22-3/h8-9,11,16,19H,4-7H2,1-3H3. The molecule has 2 rings (SSSR count). The van der Waals surface area contributed by atoms with E-state index in [-0.39, 0.29) is 11.9 Å². The number of nitrogens with zero attached hydrogens (tertiary/aromatic N) is 1. The van der Waals surface area contributed by atoms with Gasteiger partial charge in [-0.3, -0.25) is 4.79 Å². The average molecular weight is 345 g/mol. The first-order valence-corrected chi connectivity index (χ1v) is 8.19. The summed E-state index contributed by atoms with van der Waals surface area (Å²) < 4.78 is 5.47. The minimum atomic E-state index is 0.124. The molecular formula is C16H22Cl2N2O2.